The van der Waals surface area contributed by atoms with Gasteiger partial charge in [0.1, 0.15) is 18.1 Å². The molecule has 13 nitrogen and oxygen atoms in total. The predicted octanol–water partition coefficient (Wildman–Crippen LogP) is -1.53. The lowest BCUT2D eigenvalue weighted by atomic mass is 10.0. The van der Waals surface area contributed by atoms with E-state index in [9.17, 15) is 34.2 Å². The number of nitrogens with one attached hydrogen (secondary N) is 3. The zero-order valence-electron chi connectivity index (χ0n) is 20.8. The molecular formula is C24H37N5O8. The molecule has 1 aromatic carbocycles. The number of rotatable bonds is 17. The maximum atomic E-state index is 13.0. The minimum Gasteiger partial charge on any atom is -0.481 e. The number of benzene rings is 1. The van der Waals surface area contributed by atoms with Gasteiger partial charge in [0.15, 0.2) is 0 Å². The Bertz CT molecular complexity index is 912. The summed E-state index contributed by atoms with van der Waals surface area (Å²) in [5.41, 5.74) is 11.9. The number of aliphatic hydroxyl groups is 1. The Balaban J connectivity index is 2.95. The second-order valence-corrected chi connectivity index (χ2v) is 8.70. The molecule has 0 aromatic heterocycles. The first-order chi connectivity index (χ1) is 17.5. The third-order valence-corrected chi connectivity index (χ3v) is 5.55. The second-order valence-electron chi connectivity index (χ2n) is 8.70. The minimum atomic E-state index is -1.49. The van der Waals surface area contributed by atoms with E-state index < -0.39 is 59.9 Å². The quantitative estimate of drug-likeness (QED) is 0.110. The first-order valence-electron chi connectivity index (χ1n) is 12.0. The number of aliphatic carboxylic acids is 2. The lowest BCUT2D eigenvalue weighted by molar-refractivity contribution is -0.142. The van der Waals surface area contributed by atoms with Crippen LogP contribution in [-0.2, 0) is 30.4 Å². The van der Waals surface area contributed by atoms with Crippen molar-refractivity contribution in [2.24, 2.45) is 11.5 Å². The summed E-state index contributed by atoms with van der Waals surface area (Å²) in [4.78, 5) is 60.7. The van der Waals surface area contributed by atoms with Crippen LogP contribution in [0.15, 0.2) is 30.3 Å². The summed E-state index contributed by atoms with van der Waals surface area (Å²) in [5.74, 6) is -4.89. The molecule has 1 rings (SSSR count). The lowest BCUT2D eigenvalue weighted by Gasteiger charge is -2.26. The first kappa shape index (κ1) is 31.5. The van der Waals surface area contributed by atoms with E-state index in [2.05, 4.69) is 16.0 Å². The van der Waals surface area contributed by atoms with Crippen LogP contribution in [0, 0.1) is 0 Å². The Kier molecular flexibility index (Phi) is 13.8. The van der Waals surface area contributed by atoms with Gasteiger partial charge in [0, 0.05) is 12.8 Å². The summed E-state index contributed by atoms with van der Waals surface area (Å²) < 4.78 is 0. The Morgan fingerprint density at radius 1 is 0.865 bits per heavy atom. The van der Waals surface area contributed by atoms with Crippen LogP contribution < -0.4 is 27.4 Å². The van der Waals surface area contributed by atoms with Crippen molar-refractivity contribution in [2.45, 2.75) is 75.7 Å². The zero-order valence-corrected chi connectivity index (χ0v) is 20.8. The number of carbonyl (C=O) groups is 5. The summed E-state index contributed by atoms with van der Waals surface area (Å²) in [7, 11) is 0. The summed E-state index contributed by atoms with van der Waals surface area (Å²) in [6, 6.07) is 3.54. The third kappa shape index (κ3) is 11.8. The molecule has 0 aliphatic rings. The Hall–Kier alpha value is -3.55. The van der Waals surface area contributed by atoms with E-state index >= 15 is 0 Å². The van der Waals surface area contributed by atoms with Gasteiger partial charge < -0.3 is 42.7 Å². The molecule has 3 amide bonds. The van der Waals surface area contributed by atoms with Crippen molar-refractivity contribution in [1.29, 1.82) is 0 Å². The SMILES string of the molecule is CC(O)C(NC(=O)C(N)CCC(=O)O)C(=O)NC(CCCCN)C(=O)NC(Cc1ccccc1)C(=O)O. The van der Waals surface area contributed by atoms with Crippen molar-refractivity contribution in [3.8, 4) is 0 Å². The molecule has 0 aliphatic carbocycles. The van der Waals surface area contributed by atoms with Gasteiger partial charge in [-0.3, -0.25) is 19.2 Å². The van der Waals surface area contributed by atoms with Crippen LogP contribution in [0.5, 0.6) is 0 Å². The molecule has 13 heteroatoms. The normalized spacial score (nSPS) is 14.9. The van der Waals surface area contributed by atoms with E-state index in [0.29, 0.717) is 24.9 Å². The average Bonchev–Trinajstić information content (AvgIpc) is 2.84. The number of carboxylic acid groups (broad SMARTS) is 2. The number of nitrogens with two attached hydrogens (primary N) is 2. The maximum absolute atomic E-state index is 13.0. The molecule has 0 spiro atoms. The highest BCUT2D eigenvalue weighted by Crippen LogP contribution is 2.07. The van der Waals surface area contributed by atoms with E-state index in [4.69, 9.17) is 16.6 Å². The van der Waals surface area contributed by atoms with Crippen LogP contribution in [0.4, 0.5) is 0 Å². The molecule has 1 aromatic rings. The Labute approximate surface area is 215 Å². The first-order valence-corrected chi connectivity index (χ1v) is 12.0. The van der Waals surface area contributed by atoms with Crippen molar-refractivity contribution in [1.82, 2.24) is 16.0 Å². The summed E-state index contributed by atoms with van der Waals surface area (Å²) in [5, 5.41) is 35.6. The highest BCUT2D eigenvalue weighted by molar-refractivity contribution is 5.94. The molecule has 10 N–H and O–H groups in total. The number of amides is 3. The van der Waals surface area contributed by atoms with Crippen molar-refractivity contribution in [3.63, 3.8) is 0 Å². The summed E-state index contributed by atoms with van der Waals surface area (Å²) >= 11 is 0. The Morgan fingerprint density at radius 2 is 1.49 bits per heavy atom. The van der Waals surface area contributed by atoms with Crippen molar-refractivity contribution in [2.75, 3.05) is 6.54 Å². The van der Waals surface area contributed by atoms with Gasteiger partial charge in [0.05, 0.1) is 12.1 Å². The molecule has 5 atom stereocenters. The van der Waals surface area contributed by atoms with Gasteiger partial charge in [-0.2, -0.15) is 0 Å². The van der Waals surface area contributed by atoms with Gasteiger partial charge in [0.25, 0.3) is 0 Å². The maximum Gasteiger partial charge on any atom is 0.326 e. The monoisotopic (exact) mass is 523 g/mol. The van der Waals surface area contributed by atoms with Gasteiger partial charge in [-0.25, -0.2) is 4.79 Å². The van der Waals surface area contributed by atoms with E-state index in [0.717, 1.165) is 0 Å². The largest absolute Gasteiger partial charge is 0.481 e. The molecule has 0 saturated heterocycles. The number of carboxylic acids is 2. The zero-order chi connectivity index (χ0) is 28.0. The average molecular weight is 524 g/mol. The van der Waals surface area contributed by atoms with Crippen LogP contribution in [0.25, 0.3) is 0 Å². The summed E-state index contributed by atoms with van der Waals surface area (Å²) in [6.45, 7) is 1.59. The van der Waals surface area contributed by atoms with Crippen molar-refractivity contribution >= 4 is 29.7 Å². The van der Waals surface area contributed by atoms with Crippen molar-refractivity contribution in [3.05, 3.63) is 35.9 Å². The van der Waals surface area contributed by atoms with Crippen LogP contribution >= 0.6 is 0 Å². The number of carbonyl (C=O) groups excluding carboxylic acids is 3. The smallest absolute Gasteiger partial charge is 0.326 e. The fourth-order valence-corrected chi connectivity index (χ4v) is 3.42. The molecule has 206 valence electrons. The molecule has 0 fully saturated rings. The minimum absolute atomic E-state index is 0.0198. The molecule has 0 radical (unpaired) electrons. The van der Waals surface area contributed by atoms with Crippen LogP contribution in [0.3, 0.4) is 0 Å². The fourth-order valence-electron chi connectivity index (χ4n) is 3.42. The van der Waals surface area contributed by atoms with Gasteiger partial charge in [-0.15, -0.1) is 0 Å². The molecule has 37 heavy (non-hydrogen) atoms. The number of unbranched alkanes of at least 4 members (excludes halogenated alkanes) is 1. The highest BCUT2D eigenvalue weighted by Gasteiger charge is 2.32. The number of hydrogen-bond donors (Lipinski definition) is 8. The molecule has 0 aliphatic heterocycles. The fraction of sp³-hybridized carbons (Fsp3) is 0.542. The molecule has 0 saturated carbocycles. The van der Waals surface area contributed by atoms with E-state index in [1.807, 2.05) is 0 Å². The molecule has 0 bridgehead atoms. The second kappa shape index (κ2) is 16.2. The van der Waals surface area contributed by atoms with E-state index in [1.54, 1.807) is 30.3 Å². The molecule has 0 heterocycles. The lowest BCUT2D eigenvalue weighted by Crippen LogP contribution is -2.59. The Morgan fingerprint density at radius 3 is 2.03 bits per heavy atom. The van der Waals surface area contributed by atoms with E-state index in [-0.39, 0.29) is 25.7 Å². The van der Waals surface area contributed by atoms with Crippen LogP contribution in [0.1, 0.15) is 44.6 Å². The van der Waals surface area contributed by atoms with Gasteiger partial charge in [-0.1, -0.05) is 30.3 Å². The molecule has 5 unspecified atom stereocenters. The van der Waals surface area contributed by atoms with Crippen LogP contribution in [-0.4, -0.2) is 81.8 Å². The topological polar surface area (TPSA) is 234 Å². The highest BCUT2D eigenvalue weighted by atomic mass is 16.4. The summed E-state index contributed by atoms with van der Waals surface area (Å²) in [6.07, 6.45) is -0.794. The van der Waals surface area contributed by atoms with Gasteiger partial charge in [-0.05, 0) is 44.7 Å². The van der Waals surface area contributed by atoms with Gasteiger partial charge in [0.2, 0.25) is 17.7 Å². The standard InChI is InChI=1S/C24H37N5O8/c1-14(30)20(29-21(33)16(26)10-11-19(31)32)23(35)27-17(9-5-6-12-25)22(34)28-18(24(36)37)13-15-7-3-2-4-8-15/h2-4,7-8,14,16-18,20,30H,5-6,9-13,25-26H2,1H3,(H,27,35)(H,28,34)(H,29,33)(H,31,32)(H,36,37). The van der Waals surface area contributed by atoms with Gasteiger partial charge >= 0.3 is 11.9 Å². The molecular weight excluding hydrogens is 486 g/mol. The predicted molar refractivity (Wildman–Crippen MR) is 133 cm³/mol. The van der Waals surface area contributed by atoms with Crippen LogP contribution in [0.2, 0.25) is 0 Å². The van der Waals surface area contributed by atoms with E-state index in [1.165, 1.54) is 6.92 Å². The van der Waals surface area contributed by atoms with Crippen molar-refractivity contribution < 1.29 is 39.3 Å². The third-order valence-electron chi connectivity index (χ3n) is 5.55. The number of hydrogen-bond acceptors (Lipinski definition) is 8. The number of aliphatic hydroxyl groups excluding tert-OH is 1.